The maximum atomic E-state index is 12.9. The van der Waals surface area contributed by atoms with Crippen LogP contribution in [0.25, 0.3) is 22.6 Å². The summed E-state index contributed by atoms with van der Waals surface area (Å²) in [7, 11) is 3.78. The zero-order valence-corrected chi connectivity index (χ0v) is 16.6. The Morgan fingerprint density at radius 2 is 1.97 bits per heavy atom. The number of aryl methyl sites for hydroxylation is 2. The lowest BCUT2D eigenvalue weighted by Gasteiger charge is -2.29. The molecule has 4 heterocycles. The van der Waals surface area contributed by atoms with Gasteiger partial charge < -0.3 is 9.47 Å². The van der Waals surface area contributed by atoms with E-state index >= 15 is 0 Å². The summed E-state index contributed by atoms with van der Waals surface area (Å²) in [6, 6.07) is 6.93. The van der Waals surface area contributed by atoms with Gasteiger partial charge in [0.05, 0.1) is 17.7 Å². The molecule has 2 aliphatic rings. The van der Waals surface area contributed by atoms with Crippen LogP contribution in [-0.2, 0) is 30.2 Å². The fraction of sp³-hybridized carbons (Fsp3) is 0.286. The highest BCUT2D eigenvalue weighted by atomic mass is 16.2. The maximum absolute atomic E-state index is 12.9. The van der Waals surface area contributed by atoms with E-state index in [0.717, 1.165) is 28.2 Å². The largest absolute Gasteiger partial charge is 0.332 e. The third-order valence-corrected chi connectivity index (χ3v) is 5.69. The van der Waals surface area contributed by atoms with Gasteiger partial charge in [0.25, 0.3) is 5.91 Å². The van der Waals surface area contributed by atoms with E-state index in [-0.39, 0.29) is 18.2 Å². The summed E-state index contributed by atoms with van der Waals surface area (Å²) in [4.78, 5) is 42.7. The van der Waals surface area contributed by atoms with Gasteiger partial charge in [-0.15, -0.1) is 0 Å². The van der Waals surface area contributed by atoms with Gasteiger partial charge in [0, 0.05) is 44.4 Å². The number of aromatic nitrogens is 4. The van der Waals surface area contributed by atoms with Crippen LogP contribution in [0, 0.1) is 0 Å². The molecule has 152 valence electrons. The van der Waals surface area contributed by atoms with E-state index in [1.165, 1.54) is 0 Å². The number of nitrogens with zero attached hydrogens (tertiary/aromatic N) is 5. The number of hydrogen-bond donors (Lipinski definition) is 1. The van der Waals surface area contributed by atoms with Crippen LogP contribution in [0.4, 0.5) is 0 Å². The topological polar surface area (TPSA) is 102 Å². The molecular weight excluding hydrogens is 384 g/mol. The minimum Gasteiger partial charge on any atom is -0.332 e. The van der Waals surface area contributed by atoms with Crippen molar-refractivity contribution in [2.24, 2.45) is 14.1 Å². The van der Waals surface area contributed by atoms with Crippen LogP contribution in [0.1, 0.15) is 28.8 Å². The van der Waals surface area contributed by atoms with Crippen molar-refractivity contribution in [1.29, 1.82) is 0 Å². The standard InChI is InChI=1S/C21H20N6O3/c1-25-11-22-18(19(25)15-7-8-26(2)24-15)12-3-4-14-13(9-12)10-27(21(14)30)16-5-6-17(28)23-20(16)29/h3-4,7-9,11,16H,5-6,10H2,1-2H3,(H,23,28,29)/t16-/m0/s1. The molecule has 0 radical (unpaired) electrons. The van der Waals surface area contributed by atoms with Crippen LogP contribution in [0.15, 0.2) is 36.8 Å². The second kappa shape index (κ2) is 6.65. The summed E-state index contributed by atoms with van der Waals surface area (Å²) < 4.78 is 3.66. The fourth-order valence-electron chi connectivity index (χ4n) is 4.21. The first-order valence-corrected chi connectivity index (χ1v) is 9.71. The van der Waals surface area contributed by atoms with E-state index in [4.69, 9.17) is 0 Å². The number of nitrogens with one attached hydrogen (secondary N) is 1. The number of amides is 3. The quantitative estimate of drug-likeness (QED) is 0.662. The number of hydrogen-bond acceptors (Lipinski definition) is 5. The molecule has 0 aliphatic carbocycles. The van der Waals surface area contributed by atoms with Gasteiger partial charge in [0.1, 0.15) is 11.7 Å². The molecule has 30 heavy (non-hydrogen) atoms. The molecule has 9 heteroatoms. The van der Waals surface area contributed by atoms with Crippen molar-refractivity contribution in [3.8, 4) is 22.6 Å². The third kappa shape index (κ3) is 2.81. The molecule has 1 saturated heterocycles. The molecule has 1 atom stereocenters. The molecule has 1 N–H and O–H groups in total. The number of imidazole rings is 1. The summed E-state index contributed by atoms with van der Waals surface area (Å²) in [6.07, 6.45) is 4.21. The zero-order chi connectivity index (χ0) is 21.0. The Labute approximate surface area is 172 Å². The highest BCUT2D eigenvalue weighted by Crippen LogP contribution is 2.34. The van der Waals surface area contributed by atoms with E-state index in [2.05, 4.69) is 15.4 Å². The number of imide groups is 1. The summed E-state index contributed by atoms with van der Waals surface area (Å²) in [6.45, 7) is 0.333. The van der Waals surface area contributed by atoms with Crippen LogP contribution in [-0.4, -0.2) is 48.0 Å². The van der Waals surface area contributed by atoms with E-state index in [1.807, 2.05) is 43.1 Å². The molecular formula is C21H20N6O3. The molecule has 2 aromatic heterocycles. The first-order chi connectivity index (χ1) is 14.4. The molecule has 0 spiro atoms. The average molecular weight is 404 g/mol. The fourth-order valence-corrected chi connectivity index (χ4v) is 4.21. The lowest BCUT2D eigenvalue weighted by atomic mass is 10.0. The summed E-state index contributed by atoms with van der Waals surface area (Å²) in [5.74, 6) is -0.883. The monoisotopic (exact) mass is 404 g/mol. The molecule has 1 aromatic carbocycles. The van der Waals surface area contributed by atoms with Gasteiger partial charge in [-0.2, -0.15) is 5.10 Å². The molecule has 9 nitrogen and oxygen atoms in total. The second-order valence-corrected chi connectivity index (χ2v) is 7.70. The Bertz CT molecular complexity index is 1210. The number of carbonyl (C=O) groups is 3. The number of benzene rings is 1. The van der Waals surface area contributed by atoms with Gasteiger partial charge in [-0.05, 0) is 30.2 Å². The van der Waals surface area contributed by atoms with Crippen LogP contribution >= 0.6 is 0 Å². The Morgan fingerprint density at radius 3 is 2.70 bits per heavy atom. The van der Waals surface area contributed by atoms with E-state index in [9.17, 15) is 14.4 Å². The van der Waals surface area contributed by atoms with Crippen LogP contribution < -0.4 is 5.32 Å². The normalized spacial score (nSPS) is 18.7. The van der Waals surface area contributed by atoms with Crippen molar-refractivity contribution in [3.05, 3.63) is 47.9 Å². The predicted octanol–water partition coefficient (Wildman–Crippen LogP) is 1.25. The zero-order valence-electron chi connectivity index (χ0n) is 16.6. The highest BCUT2D eigenvalue weighted by molar-refractivity contribution is 6.05. The van der Waals surface area contributed by atoms with Crippen LogP contribution in [0.3, 0.4) is 0 Å². The number of piperidine rings is 1. The smallest absolute Gasteiger partial charge is 0.255 e. The molecule has 0 unspecified atom stereocenters. The maximum Gasteiger partial charge on any atom is 0.255 e. The lowest BCUT2D eigenvalue weighted by Crippen LogP contribution is -2.52. The Hall–Kier alpha value is -3.75. The molecule has 0 bridgehead atoms. The third-order valence-electron chi connectivity index (χ3n) is 5.69. The Balaban J connectivity index is 1.49. The van der Waals surface area contributed by atoms with E-state index in [1.54, 1.807) is 22.0 Å². The average Bonchev–Trinajstić information content (AvgIpc) is 3.39. The van der Waals surface area contributed by atoms with Gasteiger partial charge in [0.15, 0.2) is 0 Å². The van der Waals surface area contributed by atoms with Crippen molar-refractivity contribution in [1.82, 2.24) is 29.5 Å². The van der Waals surface area contributed by atoms with Gasteiger partial charge in [-0.25, -0.2) is 4.98 Å². The summed E-state index contributed by atoms with van der Waals surface area (Å²) in [5, 5.41) is 6.82. The van der Waals surface area contributed by atoms with E-state index < -0.39 is 11.9 Å². The Morgan fingerprint density at radius 1 is 1.13 bits per heavy atom. The van der Waals surface area contributed by atoms with Gasteiger partial charge >= 0.3 is 0 Å². The van der Waals surface area contributed by atoms with Crippen molar-refractivity contribution in [3.63, 3.8) is 0 Å². The van der Waals surface area contributed by atoms with Crippen LogP contribution in [0.5, 0.6) is 0 Å². The lowest BCUT2D eigenvalue weighted by molar-refractivity contribution is -0.136. The van der Waals surface area contributed by atoms with Crippen molar-refractivity contribution >= 4 is 17.7 Å². The molecule has 5 rings (SSSR count). The highest BCUT2D eigenvalue weighted by Gasteiger charge is 2.39. The van der Waals surface area contributed by atoms with Crippen molar-refractivity contribution in [2.75, 3.05) is 0 Å². The van der Waals surface area contributed by atoms with Crippen molar-refractivity contribution in [2.45, 2.75) is 25.4 Å². The minimum absolute atomic E-state index is 0.183. The molecule has 2 aliphatic heterocycles. The first kappa shape index (κ1) is 18.3. The van der Waals surface area contributed by atoms with Crippen LogP contribution in [0.2, 0.25) is 0 Å². The summed E-state index contributed by atoms with van der Waals surface area (Å²) in [5.41, 5.74) is 4.80. The molecule has 1 fully saturated rings. The minimum atomic E-state index is -0.620. The predicted molar refractivity (Wildman–Crippen MR) is 107 cm³/mol. The number of fused-ring (bicyclic) bond motifs is 1. The van der Waals surface area contributed by atoms with Gasteiger partial charge in [0.2, 0.25) is 11.8 Å². The summed E-state index contributed by atoms with van der Waals surface area (Å²) >= 11 is 0. The molecule has 0 saturated carbocycles. The molecule has 3 aromatic rings. The van der Waals surface area contributed by atoms with Crippen molar-refractivity contribution < 1.29 is 14.4 Å². The Kier molecular flexibility index (Phi) is 4.05. The molecule has 3 amide bonds. The second-order valence-electron chi connectivity index (χ2n) is 7.70. The number of rotatable bonds is 3. The first-order valence-electron chi connectivity index (χ1n) is 9.71. The van der Waals surface area contributed by atoms with Gasteiger partial charge in [-0.3, -0.25) is 24.4 Å². The van der Waals surface area contributed by atoms with E-state index in [0.29, 0.717) is 18.5 Å². The van der Waals surface area contributed by atoms with Gasteiger partial charge in [-0.1, -0.05) is 6.07 Å². The number of carbonyl (C=O) groups excluding carboxylic acids is 3. The SMILES string of the molecule is Cn1ccc(-c2c(-c3ccc4c(c3)CN([C@H]3CCC(=O)NC3=O)C4=O)ncn2C)n1.